The van der Waals surface area contributed by atoms with Gasteiger partial charge in [-0.25, -0.2) is 22.8 Å². The molecule has 1 aromatic heterocycles. The predicted molar refractivity (Wildman–Crippen MR) is 186 cm³/mol. The molecule has 5 rings (SSSR count). The van der Waals surface area contributed by atoms with E-state index in [-0.39, 0.29) is 23.1 Å². The van der Waals surface area contributed by atoms with Crippen LogP contribution in [0.1, 0.15) is 11.3 Å². The van der Waals surface area contributed by atoms with Gasteiger partial charge < -0.3 is 14.8 Å². The smallest absolute Gasteiger partial charge is 0.296 e. The summed E-state index contributed by atoms with van der Waals surface area (Å²) >= 11 is 0. The quantitative estimate of drug-likeness (QED) is 0.141. The molecule has 14 heteroatoms. The van der Waals surface area contributed by atoms with Crippen molar-refractivity contribution in [3.63, 3.8) is 0 Å². The molecule has 0 radical (unpaired) electrons. The molecule has 0 aliphatic heterocycles. The van der Waals surface area contributed by atoms with Crippen LogP contribution in [0.2, 0.25) is 0 Å². The number of amides is 2. The highest BCUT2D eigenvalue weighted by molar-refractivity contribution is 7.92. The molecular weight excluding hydrogens is 648 g/mol. The van der Waals surface area contributed by atoms with Crippen LogP contribution >= 0.6 is 0 Å². The molecule has 0 saturated heterocycles. The second-order valence-corrected chi connectivity index (χ2v) is 12.5. The Morgan fingerprint density at radius 2 is 1.51 bits per heavy atom. The normalized spacial score (nSPS) is 11.2. The maximum Gasteiger partial charge on any atom is 0.296 e. The summed E-state index contributed by atoms with van der Waals surface area (Å²) in [7, 11) is -1.20. The van der Waals surface area contributed by atoms with Crippen LogP contribution < -0.4 is 30.1 Å². The molecule has 0 bridgehead atoms. The summed E-state index contributed by atoms with van der Waals surface area (Å²) in [5.41, 5.74) is 3.55. The molecule has 252 valence electrons. The third-order valence-corrected chi connectivity index (χ3v) is 9.19. The fourth-order valence-corrected chi connectivity index (χ4v) is 6.42. The number of benzene rings is 4. The number of hydrogen-bond donors (Lipinski definition) is 2. The fourth-order valence-electron chi connectivity index (χ4n) is 4.92. The van der Waals surface area contributed by atoms with E-state index in [9.17, 15) is 22.8 Å². The van der Waals surface area contributed by atoms with Gasteiger partial charge in [0.15, 0.2) is 6.61 Å². The van der Waals surface area contributed by atoms with Crippen molar-refractivity contribution in [3.05, 3.63) is 131 Å². The number of methoxy groups -OCH3 is 1. The van der Waals surface area contributed by atoms with E-state index >= 15 is 0 Å². The Balaban J connectivity index is 1.28. The van der Waals surface area contributed by atoms with Gasteiger partial charge in [-0.05, 0) is 73.2 Å². The monoisotopic (exact) mass is 682 g/mol. The number of nitrogens with zero attached hydrogens (tertiary/aromatic N) is 4. The lowest BCUT2D eigenvalue weighted by Gasteiger charge is -2.22. The summed E-state index contributed by atoms with van der Waals surface area (Å²) in [5.74, 6) is -0.187. The highest BCUT2D eigenvalue weighted by atomic mass is 32.2. The van der Waals surface area contributed by atoms with Gasteiger partial charge in [-0.3, -0.25) is 19.1 Å². The van der Waals surface area contributed by atoms with Crippen molar-refractivity contribution in [3.8, 4) is 17.2 Å². The first-order chi connectivity index (χ1) is 23.6. The van der Waals surface area contributed by atoms with Crippen LogP contribution in [0.4, 0.5) is 11.4 Å². The van der Waals surface area contributed by atoms with Crippen LogP contribution in [0, 0.1) is 6.92 Å². The zero-order valence-corrected chi connectivity index (χ0v) is 27.8. The molecule has 5 aromatic rings. The zero-order valence-electron chi connectivity index (χ0n) is 26.9. The van der Waals surface area contributed by atoms with Crippen LogP contribution in [-0.4, -0.2) is 56.1 Å². The van der Waals surface area contributed by atoms with E-state index in [0.717, 1.165) is 4.31 Å². The summed E-state index contributed by atoms with van der Waals surface area (Å²) in [4.78, 5) is 39.2. The van der Waals surface area contributed by atoms with Crippen molar-refractivity contribution in [1.82, 2.24) is 14.8 Å². The number of anilines is 2. The number of hydrazone groups is 1. The Labute approximate surface area is 283 Å². The van der Waals surface area contributed by atoms with Gasteiger partial charge in [0.05, 0.1) is 35.3 Å². The standard InChI is InChI=1S/C35H34N6O7S/c1-25-34(35(44)41(39(25)2)27-12-6-4-7-13-27)40(49(45,46)29-14-8-5-9-15-29)23-32(42)38-36-22-26-18-20-28(21-19-26)48-24-33(43)37-30-16-10-11-17-31(30)47-3/h4-22H,23-24H2,1-3H3,(H,37,43)(H,38,42)/b36-22-. The molecule has 13 nitrogen and oxygen atoms in total. The first-order valence-corrected chi connectivity index (χ1v) is 16.4. The van der Waals surface area contributed by atoms with Crippen molar-refractivity contribution in [1.29, 1.82) is 0 Å². The highest BCUT2D eigenvalue weighted by Crippen LogP contribution is 2.26. The summed E-state index contributed by atoms with van der Waals surface area (Å²) in [6, 6.07) is 29.9. The van der Waals surface area contributed by atoms with Gasteiger partial charge in [0.25, 0.3) is 27.4 Å². The van der Waals surface area contributed by atoms with Crippen LogP contribution in [-0.2, 0) is 26.7 Å². The maximum absolute atomic E-state index is 13.9. The molecule has 0 unspecified atom stereocenters. The third kappa shape index (κ3) is 7.88. The molecule has 2 N–H and O–H groups in total. The van der Waals surface area contributed by atoms with Crippen molar-refractivity contribution >= 4 is 39.4 Å². The van der Waals surface area contributed by atoms with Crippen LogP contribution in [0.25, 0.3) is 5.69 Å². The number of aromatic nitrogens is 2. The Hall–Kier alpha value is -6.15. The van der Waals surface area contributed by atoms with Gasteiger partial charge in [0, 0.05) is 7.05 Å². The van der Waals surface area contributed by atoms with Crippen molar-refractivity contribution < 1.29 is 27.5 Å². The summed E-state index contributed by atoms with van der Waals surface area (Å²) < 4.78 is 42.2. The summed E-state index contributed by atoms with van der Waals surface area (Å²) in [6.45, 7) is 0.661. The Morgan fingerprint density at radius 1 is 0.878 bits per heavy atom. The van der Waals surface area contributed by atoms with Gasteiger partial charge in [-0.2, -0.15) is 5.10 Å². The molecular formula is C35H34N6O7S. The molecule has 0 aliphatic carbocycles. The molecule has 0 saturated carbocycles. The van der Waals surface area contributed by atoms with E-state index < -0.39 is 28.0 Å². The molecule has 0 atom stereocenters. The van der Waals surface area contributed by atoms with E-state index in [4.69, 9.17) is 9.47 Å². The van der Waals surface area contributed by atoms with Crippen molar-refractivity contribution in [2.75, 3.05) is 29.9 Å². The van der Waals surface area contributed by atoms with Gasteiger partial charge >= 0.3 is 0 Å². The third-order valence-electron chi connectivity index (χ3n) is 7.43. The average molecular weight is 683 g/mol. The topological polar surface area (TPSA) is 153 Å². The molecule has 1 heterocycles. The summed E-state index contributed by atoms with van der Waals surface area (Å²) in [5, 5.41) is 6.70. The molecule has 0 spiro atoms. The van der Waals surface area contributed by atoms with E-state index in [2.05, 4.69) is 15.8 Å². The number of hydrogen-bond acceptors (Lipinski definition) is 8. The second kappa shape index (κ2) is 15.2. The number of rotatable bonds is 13. The number of carbonyl (C=O) groups is 2. The molecule has 0 fully saturated rings. The maximum atomic E-state index is 13.9. The molecule has 4 aromatic carbocycles. The van der Waals surface area contributed by atoms with Crippen LogP contribution in [0.15, 0.2) is 124 Å². The fraction of sp³-hybridized carbons (Fsp3) is 0.143. The number of sulfonamides is 1. The molecule has 0 aliphatic rings. The molecule has 2 amide bonds. The SMILES string of the molecule is COc1ccccc1NC(=O)COc1ccc(/C=N\NC(=O)CN(c2c(C)n(C)n(-c3ccccc3)c2=O)S(=O)(=O)c2ccccc2)cc1. The number of para-hydroxylation sites is 3. The highest BCUT2D eigenvalue weighted by Gasteiger charge is 2.33. The Morgan fingerprint density at radius 3 is 2.18 bits per heavy atom. The van der Waals surface area contributed by atoms with E-state index in [1.807, 2.05) is 0 Å². The van der Waals surface area contributed by atoms with E-state index in [1.54, 1.807) is 111 Å². The lowest BCUT2D eigenvalue weighted by Crippen LogP contribution is -2.42. The first-order valence-electron chi connectivity index (χ1n) is 15.0. The first kappa shape index (κ1) is 34.2. The zero-order chi connectivity index (χ0) is 35.0. The minimum Gasteiger partial charge on any atom is -0.495 e. The Kier molecular flexibility index (Phi) is 10.6. The number of nitrogens with one attached hydrogen (secondary N) is 2. The van der Waals surface area contributed by atoms with Gasteiger partial charge in [0.2, 0.25) is 0 Å². The van der Waals surface area contributed by atoms with Gasteiger partial charge in [0.1, 0.15) is 23.7 Å². The largest absolute Gasteiger partial charge is 0.495 e. The van der Waals surface area contributed by atoms with Gasteiger partial charge in [-0.1, -0.05) is 48.5 Å². The van der Waals surface area contributed by atoms with E-state index in [1.165, 1.54) is 34.8 Å². The van der Waals surface area contributed by atoms with Crippen molar-refractivity contribution in [2.45, 2.75) is 11.8 Å². The van der Waals surface area contributed by atoms with Crippen molar-refractivity contribution in [2.24, 2.45) is 12.1 Å². The van der Waals surface area contributed by atoms with Gasteiger partial charge in [-0.15, -0.1) is 0 Å². The van der Waals surface area contributed by atoms with Crippen LogP contribution in [0.5, 0.6) is 11.5 Å². The second-order valence-electron chi connectivity index (χ2n) is 10.6. The lowest BCUT2D eigenvalue weighted by molar-refractivity contribution is -0.119. The number of ether oxygens (including phenoxy) is 2. The Bertz CT molecular complexity index is 2130. The van der Waals surface area contributed by atoms with E-state index in [0.29, 0.717) is 34.1 Å². The minimum absolute atomic E-state index is 0.0835. The summed E-state index contributed by atoms with van der Waals surface area (Å²) in [6.07, 6.45) is 1.36. The minimum atomic E-state index is -4.35. The predicted octanol–water partition coefficient (Wildman–Crippen LogP) is 3.86. The number of carbonyl (C=O) groups excluding carboxylic acids is 2. The van der Waals surface area contributed by atoms with Crippen LogP contribution in [0.3, 0.4) is 0 Å². The molecule has 49 heavy (non-hydrogen) atoms. The average Bonchev–Trinajstić information content (AvgIpc) is 3.34. The lowest BCUT2D eigenvalue weighted by atomic mass is 10.2.